The summed E-state index contributed by atoms with van der Waals surface area (Å²) < 4.78 is 0. The van der Waals surface area contributed by atoms with Crippen LogP contribution in [0.3, 0.4) is 0 Å². The molecule has 1 aromatic carbocycles. The molecule has 0 fully saturated rings. The van der Waals surface area contributed by atoms with Gasteiger partial charge in [-0.2, -0.15) is 0 Å². The number of allylic oxidation sites excluding steroid dienone is 1. The van der Waals surface area contributed by atoms with E-state index in [4.69, 9.17) is 5.84 Å². The summed E-state index contributed by atoms with van der Waals surface area (Å²) in [6.45, 7) is 1.56. The second-order valence-electron chi connectivity index (χ2n) is 3.63. The molecular formula is C13H16N2O2S. The Morgan fingerprint density at radius 2 is 2.22 bits per heavy atom. The van der Waals surface area contributed by atoms with Crippen molar-refractivity contribution in [3.63, 3.8) is 0 Å². The van der Waals surface area contributed by atoms with Crippen LogP contribution in [0, 0.1) is 0 Å². The molecule has 0 saturated heterocycles. The van der Waals surface area contributed by atoms with E-state index in [1.54, 1.807) is 25.1 Å². The molecule has 0 spiro atoms. The average Bonchev–Trinajstić information content (AvgIpc) is 2.37. The van der Waals surface area contributed by atoms with Crippen LogP contribution in [0.5, 0.6) is 0 Å². The third-order valence-electron chi connectivity index (χ3n) is 2.18. The third-order valence-corrected chi connectivity index (χ3v) is 3.03. The zero-order valence-corrected chi connectivity index (χ0v) is 11.0. The lowest BCUT2D eigenvalue weighted by Gasteiger charge is -2.00. The first-order chi connectivity index (χ1) is 8.63. The van der Waals surface area contributed by atoms with Crippen LogP contribution in [0.25, 0.3) is 6.08 Å². The number of hydrogen-bond donors (Lipinski definition) is 2. The van der Waals surface area contributed by atoms with Crippen molar-refractivity contribution in [3.8, 4) is 0 Å². The number of nitrogen functional groups attached to an aromatic ring is 1. The smallest absolute Gasteiger partial charge is 0.265 e. The summed E-state index contributed by atoms with van der Waals surface area (Å²) in [5, 5.41) is 0.130. The van der Waals surface area contributed by atoms with Gasteiger partial charge < -0.3 is 0 Å². The summed E-state index contributed by atoms with van der Waals surface area (Å²) in [6.07, 6.45) is 4.72. The van der Waals surface area contributed by atoms with Gasteiger partial charge in [0.15, 0.2) is 5.12 Å². The van der Waals surface area contributed by atoms with Crippen molar-refractivity contribution in [3.05, 3.63) is 41.5 Å². The second-order valence-corrected chi connectivity index (χ2v) is 4.90. The van der Waals surface area contributed by atoms with Gasteiger partial charge in [0, 0.05) is 18.2 Å². The van der Waals surface area contributed by atoms with Crippen LogP contribution in [0.4, 0.5) is 0 Å². The summed E-state index contributed by atoms with van der Waals surface area (Å²) in [7, 11) is 0. The summed E-state index contributed by atoms with van der Waals surface area (Å²) in [6, 6.07) is 7.17. The van der Waals surface area contributed by atoms with E-state index in [1.807, 2.05) is 18.2 Å². The minimum atomic E-state index is -0.308. The summed E-state index contributed by atoms with van der Waals surface area (Å²) in [5.74, 6) is 5.53. The molecule has 1 rings (SSSR count). The minimum absolute atomic E-state index is 0.130. The van der Waals surface area contributed by atoms with Gasteiger partial charge in [-0.25, -0.2) is 5.84 Å². The van der Waals surface area contributed by atoms with E-state index in [0.29, 0.717) is 5.56 Å². The molecule has 0 aliphatic rings. The first-order valence-electron chi connectivity index (χ1n) is 5.54. The minimum Gasteiger partial charge on any atom is -0.290 e. The Balaban J connectivity index is 2.54. The van der Waals surface area contributed by atoms with Gasteiger partial charge in [0.2, 0.25) is 0 Å². The number of rotatable bonds is 5. The predicted molar refractivity (Wildman–Crippen MR) is 74.9 cm³/mol. The molecule has 0 saturated carbocycles. The molecule has 0 aromatic heterocycles. The van der Waals surface area contributed by atoms with Crippen LogP contribution in [-0.4, -0.2) is 16.8 Å². The van der Waals surface area contributed by atoms with Gasteiger partial charge in [-0.1, -0.05) is 36.0 Å². The summed E-state index contributed by atoms with van der Waals surface area (Å²) in [4.78, 5) is 22.0. The molecule has 5 heteroatoms. The molecule has 0 unspecified atom stereocenters. The molecular weight excluding hydrogens is 248 g/mol. The van der Waals surface area contributed by atoms with E-state index in [-0.39, 0.29) is 11.0 Å². The quantitative estimate of drug-likeness (QED) is 0.369. The highest BCUT2D eigenvalue weighted by molar-refractivity contribution is 8.13. The Morgan fingerprint density at radius 3 is 2.89 bits per heavy atom. The molecule has 96 valence electrons. The fraction of sp³-hybridized carbons (Fsp3) is 0.231. The number of thioether (sulfide) groups is 1. The molecule has 4 nitrogen and oxygen atoms in total. The maximum Gasteiger partial charge on any atom is 0.265 e. The second kappa shape index (κ2) is 7.68. The fourth-order valence-electron chi connectivity index (χ4n) is 1.36. The number of carbonyl (C=O) groups excluding carboxylic acids is 2. The summed E-state index contributed by atoms with van der Waals surface area (Å²) >= 11 is 1.31. The number of nitrogens with two attached hydrogens (primary N) is 1. The number of benzene rings is 1. The predicted octanol–water partition coefficient (Wildman–Crippen LogP) is 1.97. The van der Waals surface area contributed by atoms with E-state index < -0.39 is 0 Å². The molecule has 0 radical (unpaired) electrons. The van der Waals surface area contributed by atoms with Crippen molar-refractivity contribution in [2.75, 3.05) is 5.75 Å². The first-order valence-corrected chi connectivity index (χ1v) is 6.53. The maximum absolute atomic E-state index is 11.3. The lowest BCUT2D eigenvalue weighted by molar-refractivity contribution is -0.109. The molecule has 0 atom stereocenters. The van der Waals surface area contributed by atoms with E-state index in [9.17, 15) is 9.59 Å². The molecule has 0 bridgehead atoms. The number of hydrogen-bond acceptors (Lipinski definition) is 4. The third kappa shape index (κ3) is 5.16. The van der Waals surface area contributed by atoms with Gasteiger partial charge in [0.05, 0.1) is 0 Å². The lowest BCUT2D eigenvalue weighted by Crippen LogP contribution is -2.29. The van der Waals surface area contributed by atoms with Crippen molar-refractivity contribution in [1.29, 1.82) is 0 Å². The molecule has 0 aliphatic heterocycles. The van der Waals surface area contributed by atoms with E-state index in [1.165, 1.54) is 11.8 Å². The van der Waals surface area contributed by atoms with Crippen LogP contribution >= 0.6 is 11.8 Å². The van der Waals surface area contributed by atoms with Crippen molar-refractivity contribution >= 4 is 28.9 Å². The van der Waals surface area contributed by atoms with Gasteiger partial charge in [-0.05, 0) is 24.1 Å². The topological polar surface area (TPSA) is 72.2 Å². The van der Waals surface area contributed by atoms with Crippen molar-refractivity contribution < 1.29 is 9.59 Å². The van der Waals surface area contributed by atoms with E-state index >= 15 is 0 Å². The highest BCUT2D eigenvalue weighted by Gasteiger charge is 2.02. The van der Waals surface area contributed by atoms with Crippen molar-refractivity contribution in [2.45, 2.75) is 13.3 Å². The standard InChI is InChI=1S/C13H16N2O2S/c1-10(16)18-8-3-2-5-11-6-4-7-12(9-11)13(17)15-14/h2,4-7,9H,3,8,14H2,1H3,(H,15,17). The van der Waals surface area contributed by atoms with Crippen LogP contribution in [0.15, 0.2) is 30.3 Å². The number of nitrogens with one attached hydrogen (secondary N) is 1. The Labute approximate surface area is 111 Å². The zero-order chi connectivity index (χ0) is 13.4. The normalized spacial score (nSPS) is 10.6. The fourth-order valence-corrected chi connectivity index (χ4v) is 1.90. The van der Waals surface area contributed by atoms with Gasteiger partial charge in [0.25, 0.3) is 5.91 Å². The van der Waals surface area contributed by atoms with Crippen molar-refractivity contribution in [1.82, 2.24) is 5.43 Å². The SMILES string of the molecule is CC(=O)SCCC=Cc1cccc(C(=O)NN)c1. The Kier molecular flexibility index (Phi) is 6.18. The monoisotopic (exact) mass is 264 g/mol. The molecule has 3 N–H and O–H groups in total. The van der Waals surface area contributed by atoms with Crippen LogP contribution in [0.1, 0.15) is 29.3 Å². The van der Waals surface area contributed by atoms with Crippen LogP contribution in [-0.2, 0) is 4.79 Å². The molecule has 18 heavy (non-hydrogen) atoms. The molecule has 1 amide bonds. The lowest BCUT2D eigenvalue weighted by atomic mass is 10.1. The average molecular weight is 264 g/mol. The van der Waals surface area contributed by atoms with Gasteiger partial charge >= 0.3 is 0 Å². The molecule has 0 heterocycles. The summed E-state index contributed by atoms with van der Waals surface area (Å²) in [5.41, 5.74) is 3.55. The number of carbonyl (C=O) groups is 2. The van der Waals surface area contributed by atoms with Gasteiger partial charge in [0.1, 0.15) is 0 Å². The van der Waals surface area contributed by atoms with Gasteiger partial charge in [-0.15, -0.1) is 0 Å². The molecule has 0 aliphatic carbocycles. The maximum atomic E-state index is 11.3. The van der Waals surface area contributed by atoms with Gasteiger partial charge in [-0.3, -0.25) is 15.0 Å². The first kappa shape index (κ1) is 14.5. The van der Waals surface area contributed by atoms with Crippen molar-refractivity contribution in [2.24, 2.45) is 5.84 Å². The van der Waals surface area contributed by atoms with E-state index in [0.717, 1.165) is 17.7 Å². The Morgan fingerprint density at radius 1 is 1.44 bits per heavy atom. The van der Waals surface area contributed by atoms with Crippen LogP contribution < -0.4 is 11.3 Å². The largest absolute Gasteiger partial charge is 0.290 e. The van der Waals surface area contributed by atoms with Crippen LogP contribution in [0.2, 0.25) is 0 Å². The van der Waals surface area contributed by atoms with E-state index in [2.05, 4.69) is 5.43 Å². The highest BCUT2D eigenvalue weighted by atomic mass is 32.2. The number of hydrazine groups is 1. The highest BCUT2D eigenvalue weighted by Crippen LogP contribution is 2.09. The zero-order valence-electron chi connectivity index (χ0n) is 10.2. The number of amides is 1. The Hall–Kier alpha value is -1.59. The molecule has 1 aromatic rings. The Bertz CT molecular complexity index is 458.